The van der Waals surface area contributed by atoms with Crippen LogP contribution in [0.25, 0.3) is 0 Å². The highest BCUT2D eigenvalue weighted by atomic mass is 19.1. The van der Waals surface area contributed by atoms with Crippen molar-refractivity contribution in [1.82, 2.24) is 0 Å². The van der Waals surface area contributed by atoms with Crippen molar-refractivity contribution in [3.8, 4) is 0 Å². The third-order valence-corrected chi connectivity index (χ3v) is 3.65. The first-order valence-corrected chi connectivity index (χ1v) is 5.79. The lowest BCUT2D eigenvalue weighted by Crippen LogP contribution is -2.40. The molecule has 3 nitrogen and oxygen atoms in total. The van der Waals surface area contributed by atoms with Crippen LogP contribution in [0.3, 0.4) is 0 Å². The normalized spacial score (nSPS) is 23.2. The van der Waals surface area contributed by atoms with Crippen LogP contribution in [-0.4, -0.2) is 17.6 Å². The van der Waals surface area contributed by atoms with Crippen molar-refractivity contribution in [3.63, 3.8) is 0 Å². The lowest BCUT2D eigenvalue weighted by molar-refractivity contribution is -0.138. The van der Waals surface area contributed by atoms with Gasteiger partial charge in [0.1, 0.15) is 5.82 Å². The quantitative estimate of drug-likeness (QED) is 0.843. The van der Waals surface area contributed by atoms with Gasteiger partial charge in [-0.05, 0) is 36.5 Å². The number of benzene rings is 1. The van der Waals surface area contributed by atoms with Crippen molar-refractivity contribution in [3.05, 3.63) is 35.1 Å². The van der Waals surface area contributed by atoms with Crippen LogP contribution in [0.4, 0.5) is 4.39 Å². The van der Waals surface area contributed by atoms with Gasteiger partial charge >= 0.3 is 5.97 Å². The fraction of sp³-hybridized carbons (Fsp3) is 0.462. The smallest absolute Gasteiger partial charge is 0.304 e. The second kappa shape index (κ2) is 4.45. The molecule has 1 atom stereocenters. The van der Waals surface area contributed by atoms with Crippen LogP contribution >= 0.6 is 0 Å². The number of carboxylic acid groups (broad SMARTS) is 1. The summed E-state index contributed by atoms with van der Waals surface area (Å²) in [5.41, 5.74) is 6.60. The van der Waals surface area contributed by atoms with E-state index in [1.807, 2.05) is 6.07 Å². The Morgan fingerprint density at radius 3 is 2.94 bits per heavy atom. The largest absolute Gasteiger partial charge is 0.481 e. The van der Waals surface area contributed by atoms with Crippen LogP contribution in [0.15, 0.2) is 18.2 Å². The SMILES string of the molecule is NCC1(CC(=O)O)CCCc2c(F)cccc21. The van der Waals surface area contributed by atoms with Gasteiger partial charge in [0.15, 0.2) is 0 Å². The first kappa shape index (κ1) is 12.0. The van der Waals surface area contributed by atoms with Crippen molar-refractivity contribution in [1.29, 1.82) is 0 Å². The summed E-state index contributed by atoms with van der Waals surface area (Å²) < 4.78 is 13.7. The van der Waals surface area contributed by atoms with Gasteiger partial charge in [-0.3, -0.25) is 4.79 Å². The zero-order valence-electron chi connectivity index (χ0n) is 9.58. The number of carboxylic acids is 1. The Labute approximate surface area is 99.4 Å². The molecule has 92 valence electrons. The second-order valence-corrected chi connectivity index (χ2v) is 4.67. The van der Waals surface area contributed by atoms with Gasteiger partial charge in [-0.25, -0.2) is 4.39 Å². The number of halogens is 1. The third-order valence-electron chi connectivity index (χ3n) is 3.65. The lowest BCUT2D eigenvalue weighted by Gasteiger charge is -2.37. The molecule has 1 aliphatic rings. The monoisotopic (exact) mass is 237 g/mol. The summed E-state index contributed by atoms with van der Waals surface area (Å²) in [5, 5.41) is 9.01. The zero-order valence-corrected chi connectivity index (χ0v) is 9.58. The molecule has 0 aliphatic heterocycles. The topological polar surface area (TPSA) is 63.3 Å². The molecule has 2 rings (SSSR count). The summed E-state index contributed by atoms with van der Waals surface area (Å²) in [6, 6.07) is 4.87. The number of hydrogen-bond acceptors (Lipinski definition) is 2. The zero-order chi connectivity index (χ0) is 12.5. The Hall–Kier alpha value is -1.42. The van der Waals surface area contributed by atoms with Crippen LogP contribution in [0.5, 0.6) is 0 Å². The van der Waals surface area contributed by atoms with E-state index in [0.717, 1.165) is 12.0 Å². The predicted octanol–water partition coefficient (Wildman–Crippen LogP) is 1.83. The minimum atomic E-state index is -0.882. The molecule has 0 aromatic heterocycles. The molecule has 1 aromatic rings. The predicted molar refractivity (Wildman–Crippen MR) is 62.3 cm³/mol. The Balaban J connectivity index is 2.51. The minimum Gasteiger partial charge on any atom is -0.481 e. The van der Waals surface area contributed by atoms with E-state index < -0.39 is 11.4 Å². The lowest BCUT2D eigenvalue weighted by atomic mass is 9.68. The Morgan fingerprint density at radius 2 is 2.29 bits per heavy atom. The molecule has 0 spiro atoms. The Kier molecular flexibility index (Phi) is 3.15. The van der Waals surface area contributed by atoms with E-state index in [-0.39, 0.29) is 18.8 Å². The van der Waals surface area contributed by atoms with E-state index in [9.17, 15) is 9.18 Å². The molecule has 0 bridgehead atoms. The van der Waals surface area contributed by atoms with Gasteiger partial charge in [-0.2, -0.15) is 0 Å². The highest BCUT2D eigenvalue weighted by Gasteiger charge is 2.38. The molecule has 0 amide bonds. The van der Waals surface area contributed by atoms with Crippen molar-refractivity contribution in [2.45, 2.75) is 31.1 Å². The Morgan fingerprint density at radius 1 is 1.53 bits per heavy atom. The number of aliphatic carboxylic acids is 1. The van der Waals surface area contributed by atoms with Crippen molar-refractivity contribution in [2.75, 3.05) is 6.54 Å². The molecule has 0 heterocycles. The van der Waals surface area contributed by atoms with Gasteiger partial charge < -0.3 is 10.8 Å². The van der Waals surface area contributed by atoms with Gasteiger partial charge in [0.2, 0.25) is 0 Å². The van der Waals surface area contributed by atoms with E-state index in [1.165, 1.54) is 6.07 Å². The molecule has 0 fully saturated rings. The van der Waals surface area contributed by atoms with Gasteiger partial charge in [0, 0.05) is 12.0 Å². The van der Waals surface area contributed by atoms with Gasteiger partial charge in [0.25, 0.3) is 0 Å². The van der Waals surface area contributed by atoms with Gasteiger partial charge in [-0.15, -0.1) is 0 Å². The standard InChI is InChI=1S/C13H16FNO2/c14-11-5-1-4-10-9(11)3-2-6-13(10,8-15)7-12(16)17/h1,4-5H,2-3,6-8,15H2,(H,16,17). The van der Waals surface area contributed by atoms with Crippen LogP contribution in [-0.2, 0) is 16.6 Å². The summed E-state index contributed by atoms with van der Waals surface area (Å²) in [4.78, 5) is 11.0. The van der Waals surface area contributed by atoms with E-state index >= 15 is 0 Å². The average Bonchev–Trinajstić information content (AvgIpc) is 2.30. The fourth-order valence-corrected chi connectivity index (χ4v) is 2.81. The van der Waals surface area contributed by atoms with Crippen molar-refractivity contribution in [2.24, 2.45) is 5.73 Å². The maximum Gasteiger partial charge on any atom is 0.304 e. The molecule has 4 heteroatoms. The van der Waals surface area contributed by atoms with E-state index in [1.54, 1.807) is 6.07 Å². The summed E-state index contributed by atoms with van der Waals surface area (Å²) in [5.74, 6) is -1.13. The molecule has 1 unspecified atom stereocenters. The summed E-state index contributed by atoms with van der Waals surface area (Å²) >= 11 is 0. The molecule has 0 saturated carbocycles. The van der Waals surface area contributed by atoms with Crippen LogP contribution < -0.4 is 5.73 Å². The summed E-state index contributed by atoms with van der Waals surface area (Å²) in [7, 11) is 0. The molecule has 17 heavy (non-hydrogen) atoms. The van der Waals surface area contributed by atoms with Crippen LogP contribution in [0, 0.1) is 5.82 Å². The second-order valence-electron chi connectivity index (χ2n) is 4.67. The number of carbonyl (C=O) groups is 1. The van der Waals surface area contributed by atoms with Gasteiger partial charge in [-0.1, -0.05) is 12.1 Å². The maximum absolute atomic E-state index is 13.7. The molecule has 3 N–H and O–H groups in total. The first-order chi connectivity index (χ1) is 8.09. The first-order valence-electron chi connectivity index (χ1n) is 5.79. The van der Waals surface area contributed by atoms with Gasteiger partial charge in [0.05, 0.1) is 6.42 Å². The van der Waals surface area contributed by atoms with Crippen LogP contribution in [0.2, 0.25) is 0 Å². The van der Waals surface area contributed by atoms with Crippen molar-refractivity contribution >= 4 is 5.97 Å². The number of fused-ring (bicyclic) bond motifs is 1. The highest BCUT2D eigenvalue weighted by molar-refractivity contribution is 5.69. The minimum absolute atomic E-state index is 0.0278. The molecular formula is C13H16FNO2. The van der Waals surface area contributed by atoms with E-state index in [2.05, 4.69) is 0 Å². The Bertz CT molecular complexity index is 447. The third kappa shape index (κ3) is 2.05. The molecular weight excluding hydrogens is 221 g/mol. The molecule has 1 aliphatic carbocycles. The number of nitrogens with two attached hydrogens (primary N) is 1. The van der Waals surface area contributed by atoms with Crippen LogP contribution in [0.1, 0.15) is 30.4 Å². The summed E-state index contributed by atoms with van der Waals surface area (Å²) in [6.07, 6.45) is 2.15. The average molecular weight is 237 g/mol. The number of rotatable bonds is 3. The summed E-state index contributed by atoms with van der Waals surface area (Å²) in [6.45, 7) is 0.246. The van der Waals surface area contributed by atoms with E-state index in [4.69, 9.17) is 10.8 Å². The molecule has 0 saturated heterocycles. The van der Waals surface area contributed by atoms with E-state index in [0.29, 0.717) is 18.4 Å². The maximum atomic E-state index is 13.7. The number of hydrogen-bond donors (Lipinski definition) is 2. The fourth-order valence-electron chi connectivity index (χ4n) is 2.81. The molecule has 0 radical (unpaired) electrons. The molecule has 1 aromatic carbocycles. The van der Waals surface area contributed by atoms with Crippen molar-refractivity contribution < 1.29 is 14.3 Å². The highest BCUT2D eigenvalue weighted by Crippen LogP contribution is 2.40.